The first-order chi connectivity index (χ1) is 12.6. The maximum atomic E-state index is 12.4. The van der Waals surface area contributed by atoms with Crippen LogP contribution >= 0.6 is 11.3 Å². The molecule has 0 bridgehead atoms. The predicted octanol–water partition coefficient (Wildman–Crippen LogP) is 4.80. The zero-order chi connectivity index (χ0) is 18.5. The quantitative estimate of drug-likeness (QED) is 0.465. The number of carbonyl (C=O) groups excluding carboxylic acids is 2. The Morgan fingerprint density at radius 3 is 2.42 bits per heavy atom. The largest absolute Gasteiger partial charge is 0.449 e. The van der Waals surface area contributed by atoms with Crippen LogP contribution in [-0.2, 0) is 11.2 Å². The molecular weight excluding hydrogens is 346 g/mol. The molecule has 0 spiro atoms. The molecule has 1 heterocycles. The van der Waals surface area contributed by atoms with E-state index in [-0.39, 0.29) is 10.8 Å². The van der Waals surface area contributed by atoms with Crippen LogP contribution in [0.2, 0.25) is 0 Å². The molecule has 26 heavy (non-hydrogen) atoms. The van der Waals surface area contributed by atoms with Crippen molar-refractivity contribution in [1.29, 1.82) is 0 Å². The van der Waals surface area contributed by atoms with Crippen LogP contribution in [0.5, 0.6) is 0 Å². The second-order valence-corrected chi connectivity index (χ2v) is 6.72. The molecule has 132 valence electrons. The van der Waals surface area contributed by atoms with E-state index in [4.69, 9.17) is 4.74 Å². The zero-order valence-corrected chi connectivity index (χ0v) is 15.5. The lowest BCUT2D eigenvalue weighted by Crippen LogP contribution is -2.24. The Bertz CT molecular complexity index is 901. The van der Waals surface area contributed by atoms with Crippen molar-refractivity contribution in [3.05, 3.63) is 76.1 Å². The summed E-state index contributed by atoms with van der Waals surface area (Å²) >= 11 is 1.21. The SMILES string of the molecule is CCc1ccc(C(=O)[C@@H](C)OC(=O)c2nc(-c3ccccc3)cs2)cc1. The number of hydrogen-bond acceptors (Lipinski definition) is 5. The van der Waals surface area contributed by atoms with Crippen LogP contribution in [0.25, 0.3) is 11.3 Å². The van der Waals surface area contributed by atoms with E-state index >= 15 is 0 Å². The Kier molecular flexibility index (Phi) is 5.58. The monoisotopic (exact) mass is 365 g/mol. The lowest BCUT2D eigenvalue weighted by atomic mass is 10.0. The predicted molar refractivity (Wildman–Crippen MR) is 103 cm³/mol. The van der Waals surface area contributed by atoms with E-state index in [1.165, 1.54) is 11.3 Å². The first-order valence-electron chi connectivity index (χ1n) is 8.43. The van der Waals surface area contributed by atoms with Crippen molar-refractivity contribution in [1.82, 2.24) is 4.98 Å². The van der Waals surface area contributed by atoms with Crippen LogP contribution < -0.4 is 0 Å². The van der Waals surface area contributed by atoms with Gasteiger partial charge in [0.1, 0.15) is 0 Å². The van der Waals surface area contributed by atoms with Gasteiger partial charge in [-0.2, -0.15) is 0 Å². The van der Waals surface area contributed by atoms with Gasteiger partial charge in [0, 0.05) is 16.5 Å². The molecule has 0 fully saturated rings. The number of rotatable bonds is 6. The third-order valence-corrected chi connectivity index (χ3v) is 4.87. The maximum Gasteiger partial charge on any atom is 0.368 e. The summed E-state index contributed by atoms with van der Waals surface area (Å²) in [5.74, 6) is -0.802. The van der Waals surface area contributed by atoms with Gasteiger partial charge in [-0.15, -0.1) is 11.3 Å². The van der Waals surface area contributed by atoms with Crippen molar-refractivity contribution in [3.8, 4) is 11.3 Å². The first kappa shape index (κ1) is 18.0. The molecule has 1 atom stereocenters. The van der Waals surface area contributed by atoms with Crippen molar-refractivity contribution in [2.75, 3.05) is 0 Å². The van der Waals surface area contributed by atoms with Crippen LogP contribution in [0.3, 0.4) is 0 Å². The average Bonchev–Trinajstić information content (AvgIpc) is 3.18. The molecule has 4 nitrogen and oxygen atoms in total. The highest BCUT2D eigenvalue weighted by molar-refractivity contribution is 7.11. The van der Waals surface area contributed by atoms with Gasteiger partial charge in [0.15, 0.2) is 6.10 Å². The highest BCUT2D eigenvalue weighted by Crippen LogP contribution is 2.22. The van der Waals surface area contributed by atoms with E-state index in [2.05, 4.69) is 11.9 Å². The van der Waals surface area contributed by atoms with Crippen LogP contribution in [0, 0.1) is 0 Å². The minimum Gasteiger partial charge on any atom is -0.449 e. The first-order valence-corrected chi connectivity index (χ1v) is 9.31. The fourth-order valence-electron chi connectivity index (χ4n) is 2.51. The van der Waals surface area contributed by atoms with Crippen molar-refractivity contribution < 1.29 is 14.3 Å². The van der Waals surface area contributed by atoms with Gasteiger partial charge >= 0.3 is 5.97 Å². The fourth-order valence-corrected chi connectivity index (χ4v) is 3.22. The third kappa shape index (κ3) is 4.06. The molecule has 0 unspecified atom stereocenters. The lowest BCUT2D eigenvalue weighted by Gasteiger charge is -2.11. The van der Waals surface area contributed by atoms with Crippen molar-refractivity contribution in [2.45, 2.75) is 26.4 Å². The molecule has 0 aliphatic rings. The van der Waals surface area contributed by atoms with Gasteiger partial charge in [0.05, 0.1) is 5.69 Å². The fraction of sp³-hybridized carbons (Fsp3) is 0.190. The molecule has 0 saturated carbocycles. The standard InChI is InChI=1S/C21H19NO3S/c1-3-15-9-11-17(12-10-15)19(23)14(2)25-21(24)20-22-18(13-26-20)16-7-5-4-6-8-16/h4-14H,3H2,1-2H3/t14-/m1/s1. The highest BCUT2D eigenvalue weighted by atomic mass is 32.1. The number of benzene rings is 2. The Hall–Kier alpha value is -2.79. The van der Waals surface area contributed by atoms with E-state index < -0.39 is 12.1 Å². The molecule has 0 aliphatic heterocycles. The lowest BCUT2D eigenvalue weighted by molar-refractivity contribution is 0.0318. The summed E-state index contributed by atoms with van der Waals surface area (Å²) < 4.78 is 5.32. The number of aryl methyl sites for hydroxylation is 1. The number of Topliss-reactive ketones (excluding diaryl/α,β-unsaturated/α-hetero) is 1. The molecule has 0 saturated heterocycles. The maximum absolute atomic E-state index is 12.4. The van der Waals surface area contributed by atoms with Gasteiger partial charge in [0.2, 0.25) is 10.8 Å². The van der Waals surface area contributed by atoms with E-state index in [9.17, 15) is 9.59 Å². The normalized spacial score (nSPS) is 11.8. The molecule has 0 radical (unpaired) electrons. The molecule has 5 heteroatoms. The highest BCUT2D eigenvalue weighted by Gasteiger charge is 2.22. The summed E-state index contributed by atoms with van der Waals surface area (Å²) in [5, 5.41) is 2.05. The summed E-state index contributed by atoms with van der Waals surface area (Å²) in [4.78, 5) is 29.1. The number of carbonyl (C=O) groups is 2. The number of nitrogens with zero attached hydrogens (tertiary/aromatic N) is 1. The van der Waals surface area contributed by atoms with Gasteiger partial charge in [-0.25, -0.2) is 9.78 Å². The molecular formula is C21H19NO3S. The molecule has 2 aromatic carbocycles. The number of thiazole rings is 1. The third-order valence-electron chi connectivity index (χ3n) is 4.05. The van der Waals surface area contributed by atoms with Crippen LogP contribution in [0.1, 0.15) is 39.6 Å². The van der Waals surface area contributed by atoms with Gasteiger partial charge in [-0.1, -0.05) is 61.5 Å². The van der Waals surface area contributed by atoms with Gasteiger partial charge in [-0.3, -0.25) is 4.79 Å². The van der Waals surface area contributed by atoms with E-state index in [0.717, 1.165) is 23.2 Å². The molecule has 0 N–H and O–H groups in total. The van der Waals surface area contributed by atoms with Gasteiger partial charge in [0.25, 0.3) is 0 Å². The Balaban J connectivity index is 1.67. The Morgan fingerprint density at radius 2 is 1.77 bits per heavy atom. The van der Waals surface area contributed by atoms with Crippen LogP contribution in [0.15, 0.2) is 60.0 Å². The molecule has 3 aromatic rings. The number of esters is 1. The minimum absolute atomic E-state index is 0.221. The second kappa shape index (κ2) is 8.06. The summed E-state index contributed by atoms with van der Waals surface area (Å²) in [6.45, 7) is 3.64. The van der Waals surface area contributed by atoms with E-state index in [1.54, 1.807) is 19.1 Å². The summed E-state index contributed by atoms with van der Waals surface area (Å²) in [5.41, 5.74) is 3.34. The number of ketones is 1. The number of aromatic nitrogens is 1. The molecule has 0 amide bonds. The second-order valence-electron chi connectivity index (χ2n) is 5.87. The minimum atomic E-state index is -0.862. The molecule has 0 aliphatic carbocycles. The topological polar surface area (TPSA) is 56.3 Å². The smallest absolute Gasteiger partial charge is 0.368 e. The van der Waals surface area contributed by atoms with E-state index in [0.29, 0.717) is 5.56 Å². The van der Waals surface area contributed by atoms with Gasteiger partial charge in [-0.05, 0) is 18.9 Å². The molecule has 3 rings (SSSR count). The summed E-state index contributed by atoms with van der Waals surface area (Å²) in [6.07, 6.45) is 0.0475. The molecule has 1 aromatic heterocycles. The summed E-state index contributed by atoms with van der Waals surface area (Å²) in [6, 6.07) is 17.0. The van der Waals surface area contributed by atoms with Crippen molar-refractivity contribution in [2.24, 2.45) is 0 Å². The number of ether oxygens (including phenoxy) is 1. The average molecular weight is 365 g/mol. The van der Waals surface area contributed by atoms with Crippen molar-refractivity contribution >= 4 is 23.1 Å². The zero-order valence-electron chi connectivity index (χ0n) is 14.6. The van der Waals surface area contributed by atoms with E-state index in [1.807, 2.05) is 47.8 Å². The summed E-state index contributed by atoms with van der Waals surface area (Å²) in [7, 11) is 0. The van der Waals surface area contributed by atoms with Crippen molar-refractivity contribution in [3.63, 3.8) is 0 Å². The Morgan fingerprint density at radius 1 is 1.08 bits per heavy atom. The Labute approximate surface area is 156 Å². The van der Waals surface area contributed by atoms with Gasteiger partial charge < -0.3 is 4.74 Å². The van der Waals surface area contributed by atoms with Crippen LogP contribution in [0.4, 0.5) is 0 Å². The van der Waals surface area contributed by atoms with Crippen LogP contribution in [-0.4, -0.2) is 22.8 Å². The number of hydrogen-bond donors (Lipinski definition) is 0.